The number of nitrogens with zero attached hydrogens (tertiary/aromatic N) is 3. The molecule has 4 rings (SSSR count). The first-order valence-electron chi connectivity index (χ1n) is 8.71. The highest BCUT2D eigenvalue weighted by Crippen LogP contribution is 2.26. The maximum Gasteiger partial charge on any atom is 0.242 e. The molecule has 1 aliphatic rings. The van der Waals surface area contributed by atoms with Crippen LogP contribution >= 0.6 is 11.6 Å². The maximum atomic E-state index is 12.8. The molecule has 0 unspecified atom stereocenters. The van der Waals surface area contributed by atoms with Crippen LogP contribution in [0.2, 0.25) is 5.02 Å². The molecule has 0 radical (unpaired) electrons. The number of amides is 1. The molecule has 5 heteroatoms. The average Bonchev–Trinajstić information content (AvgIpc) is 3.02. The summed E-state index contributed by atoms with van der Waals surface area (Å²) in [7, 11) is 0. The molecule has 1 aromatic heterocycles. The van der Waals surface area contributed by atoms with Crippen LogP contribution in [0, 0.1) is 0 Å². The monoisotopic (exact) mass is 353 g/mol. The number of halogens is 1. The van der Waals surface area contributed by atoms with E-state index in [0.29, 0.717) is 11.6 Å². The standard InChI is InChI=1S/C20H20ClN3O/c21-16-10-8-15(9-11-16)20-22-17-6-2-3-7-18(17)24(20)14-19(25)23-12-4-1-5-13-23/h2-3,6-11H,1,4-5,12-14H2. The van der Waals surface area contributed by atoms with Crippen LogP contribution < -0.4 is 0 Å². The van der Waals surface area contributed by atoms with Crippen LogP contribution in [0.3, 0.4) is 0 Å². The van der Waals surface area contributed by atoms with Crippen molar-refractivity contribution in [1.29, 1.82) is 0 Å². The van der Waals surface area contributed by atoms with E-state index in [2.05, 4.69) is 0 Å². The van der Waals surface area contributed by atoms with E-state index in [1.165, 1.54) is 6.42 Å². The third kappa shape index (κ3) is 3.27. The van der Waals surface area contributed by atoms with Crippen LogP contribution in [0.4, 0.5) is 0 Å². The van der Waals surface area contributed by atoms with Gasteiger partial charge in [-0.3, -0.25) is 4.79 Å². The molecular formula is C20H20ClN3O. The smallest absolute Gasteiger partial charge is 0.242 e. The fourth-order valence-electron chi connectivity index (χ4n) is 3.43. The van der Waals surface area contributed by atoms with Crippen molar-refractivity contribution in [2.24, 2.45) is 0 Å². The van der Waals surface area contributed by atoms with Gasteiger partial charge in [0.2, 0.25) is 5.91 Å². The van der Waals surface area contributed by atoms with Crippen LogP contribution in [0.15, 0.2) is 48.5 Å². The van der Waals surface area contributed by atoms with Crippen molar-refractivity contribution in [2.45, 2.75) is 25.8 Å². The summed E-state index contributed by atoms with van der Waals surface area (Å²) in [6, 6.07) is 15.6. The highest BCUT2D eigenvalue weighted by atomic mass is 35.5. The molecule has 3 aromatic rings. The first-order valence-corrected chi connectivity index (χ1v) is 9.09. The van der Waals surface area contributed by atoms with Gasteiger partial charge in [-0.1, -0.05) is 23.7 Å². The van der Waals surface area contributed by atoms with E-state index < -0.39 is 0 Å². The minimum absolute atomic E-state index is 0.165. The summed E-state index contributed by atoms with van der Waals surface area (Å²) in [5.74, 6) is 0.973. The first kappa shape index (κ1) is 16.2. The number of carbonyl (C=O) groups is 1. The fourth-order valence-corrected chi connectivity index (χ4v) is 3.56. The van der Waals surface area contributed by atoms with E-state index >= 15 is 0 Å². The molecule has 1 fully saturated rings. The molecule has 1 saturated heterocycles. The fraction of sp³-hybridized carbons (Fsp3) is 0.300. The maximum absolute atomic E-state index is 12.8. The second kappa shape index (κ2) is 6.89. The molecule has 2 aromatic carbocycles. The van der Waals surface area contributed by atoms with Crippen LogP contribution in [0.25, 0.3) is 22.4 Å². The lowest BCUT2D eigenvalue weighted by molar-refractivity contribution is -0.132. The van der Waals surface area contributed by atoms with Gasteiger partial charge in [0.1, 0.15) is 12.4 Å². The van der Waals surface area contributed by atoms with E-state index in [1.54, 1.807) is 0 Å². The Morgan fingerprint density at radius 1 is 1.00 bits per heavy atom. The highest BCUT2D eigenvalue weighted by molar-refractivity contribution is 6.30. The Hall–Kier alpha value is -2.33. The Balaban J connectivity index is 1.74. The van der Waals surface area contributed by atoms with Crippen molar-refractivity contribution in [3.63, 3.8) is 0 Å². The van der Waals surface area contributed by atoms with Gasteiger partial charge < -0.3 is 9.47 Å². The van der Waals surface area contributed by atoms with Gasteiger partial charge in [0.05, 0.1) is 11.0 Å². The third-order valence-corrected chi connectivity index (χ3v) is 5.01. The largest absolute Gasteiger partial charge is 0.341 e. The second-order valence-electron chi connectivity index (χ2n) is 6.46. The SMILES string of the molecule is O=C(Cn1c(-c2ccc(Cl)cc2)nc2ccccc21)N1CCCCC1. The number of hydrogen-bond donors (Lipinski definition) is 0. The predicted octanol–water partition coefficient (Wildman–Crippen LogP) is 4.37. The molecule has 0 spiro atoms. The topological polar surface area (TPSA) is 38.1 Å². The minimum Gasteiger partial charge on any atom is -0.341 e. The van der Waals surface area contributed by atoms with Crippen molar-refractivity contribution in [3.8, 4) is 11.4 Å². The molecule has 0 atom stereocenters. The summed E-state index contributed by atoms with van der Waals surface area (Å²) in [6.45, 7) is 2.04. The molecule has 4 nitrogen and oxygen atoms in total. The molecule has 1 amide bonds. The van der Waals surface area contributed by atoms with Gasteiger partial charge in [0.25, 0.3) is 0 Å². The average molecular weight is 354 g/mol. The van der Waals surface area contributed by atoms with Crippen LogP contribution in [0.1, 0.15) is 19.3 Å². The van der Waals surface area contributed by atoms with Crippen LogP contribution in [-0.2, 0) is 11.3 Å². The van der Waals surface area contributed by atoms with Crippen molar-refractivity contribution in [3.05, 3.63) is 53.6 Å². The van der Waals surface area contributed by atoms with Gasteiger partial charge in [0.15, 0.2) is 0 Å². The Bertz CT molecular complexity index is 895. The number of benzene rings is 2. The Morgan fingerprint density at radius 3 is 2.48 bits per heavy atom. The normalized spacial score (nSPS) is 14.8. The number of carbonyl (C=O) groups excluding carboxylic acids is 1. The molecule has 0 N–H and O–H groups in total. The highest BCUT2D eigenvalue weighted by Gasteiger charge is 2.20. The zero-order valence-corrected chi connectivity index (χ0v) is 14.7. The van der Waals surface area contributed by atoms with E-state index in [4.69, 9.17) is 16.6 Å². The van der Waals surface area contributed by atoms with Crippen molar-refractivity contribution in [1.82, 2.24) is 14.5 Å². The Kier molecular flexibility index (Phi) is 4.45. The lowest BCUT2D eigenvalue weighted by Gasteiger charge is -2.27. The van der Waals surface area contributed by atoms with Gasteiger partial charge in [0, 0.05) is 23.7 Å². The minimum atomic E-state index is 0.165. The molecule has 2 heterocycles. The van der Waals surface area contributed by atoms with Gasteiger partial charge >= 0.3 is 0 Å². The number of likely N-dealkylation sites (tertiary alicyclic amines) is 1. The summed E-state index contributed by atoms with van der Waals surface area (Å²) >= 11 is 6.02. The Morgan fingerprint density at radius 2 is 1.72 bits per heavy atom. The van der Waals surface area contributed by atoms with E-state index in [1.807, 2.05) is 58.0 Å². The van der Waals surface area contributed by atoms with Crippen molar-refractivity contribution in [2.75, 3.05) is 13.1 Å². The van der Waals surface area contributed by atoms with E-state index in [9.17, 15) is 4.79 Å². The number of piperidine rings is 1. The van der Waals surface area contributed by atoms with E-state index in [-0.39, 0.29) is 5.91 Å². The molecule has 1 aliphatic heterocycles. The summed E-state index contributed by atoms with van der Waals surface area (Å²) in [5, 5.41) is 0.691. The summed E-state index contributed by atoms with van der Waals surface area (Å²) < 4.78 is 2.02. The van der Waals surface area contributed by atoms with Gasteiger partial charge in [-0.2, -0.15) is 0 Å². The number of imidazole rings is 1. The van der Waals surface area contributed by atoms with Gasteiger partial charge in [-0.15, -0.1) is 0 Å². The molecule has 0 aliphatic carbocycles. The zero-order valence-electron chi connectivity index (χ0n) is 14.0. The number of hydrogen-bond acceptors (Lipinski definition) is 2. The zero-order chi connectivity index (χ0) is 17.2. The second-order valence-corrected chi connectivity index (χ2v) is 6.90. The van der Waals surface area contributed by atoms with Crippen LogP contribution in [-0.4, -0.2) is 33.4 Å². The Labute approximate surface area is 152 Å². The lowest BCUT2D eigenvalue weighted by atomic mass is 10.1. The number of fused-ring (bicyclic) bond motifs is 1. The number of para-hydroxylation sites is 2. The molecule has 128 valence electrons. The lowest BCUT2D eigenvalue weighted by Crippen LogP contribution is -2.37. The molecule has 0 saturated carbocycles. The van der Waals surface area contributed by atoms with Crippen molar-refractivity contribution < 1.29 is 4.79 Å². The molecular weight excluding hydrogens is 334 g/mol. The summed E-state index contributed by atoms with van der Waals surface area (Å²) in [4.78, 5) is 19.5. The third-order valence-electron chi connectivity index (χ3n) is 4.76. The first-order chi connectivity index (χ1) is 12.2. The number of rotatable bonds is 3. The van der Waals surface area contributed by atoms with Gasteiger partial charge in [-0.05, 0) is 55.7 Å². The molecule has 0 bridgehead atoms. The van der Waals surface area contributed by atoms with Gasteiger partial charge in [-0.25, -0.2) is 4.98 Å². The number of aromatic nitrogens is 2. The summed E-state index contributed by atoms with van der Waals surface area (Å²) in [5.41, 5.74) is 2.85. The van der Waals surface area contributed by atoms with Crippen molar-refractivity contribution >= 4 is 28.5 Å². The predicted molar refractivity (Wildman–Crippen MR) is 101 cm³/mol. The summed E-state index contributed by atoms with van der Waals surface area (Å²) in [6.07, 6.45) is 3.41. The molecule has 25 heavy (non-hydrogen) atoms. The quantitative estimate of drug-likeness (QED) is 0.701. The van der Waals surface area contributed by atoms with E-state index in [0.717, 1.165) is 48.4 Å². The van der Waals surface area contributed by atoms with Crippen LogP contribution in [0.5, 0.6) is 0 Å².